The fourth-order valence-electron chi connectivity index (χ4n) is 1.86. The highest BCUT2D eigenvalue weighted by molar-refractivity contribution is 5.85. The number of aryl methyl sites for hydroxylation is 2. The zero-order valence-corrected chi connectivity index (χ0v) is 11.9. The van der Waals surface area contributed by atoms with Gasteiger partial charge in [0, 0.05) is 6.42 Å². The molecule has 19 heavy (non-hydrogen) atoms. The van der Waals surface area contributed by atoms with Crippen LogP contribution in [0.4, 0.5) is 0 Å². The lowest BCUT2D eigenvalue weighted by atomic mass is 10.1. The van der Waals surface area contributed by atoms with Gasteiger partial charge in [0.2, 0.25) is 0 Å². The van der Waals surface area contributed by atoms with Gasteiger partial charge in [0.1, 0.15) is 12.0 Å². The first-order valence-corrected chi connectivity index (χ1v) is 6.27. The highest BCUT2D eigenvalue weighted by Gasteiger charge is 2.06. The van der Waals surface area contributed by atoms with Crippen LogP contribution in [0.25, 0.3) is 0 Å². The van der Waals surface area contributed by atoms with Crippen molar-refractivity contribution in [1.29, 1.82) is 0 Å². The molecule has 0 bridgehead atoms. The van der Waals surface area contributed by atoms with E-state index in [1.807, 2.05) is 49.4 Å². The summed E-state index contributed by atoms with van der Waals surface area (Å²) in [4.78, 5) is 0. The molecule has 2 aromatic carbocycles. The molecule has 0 aromatic heterocycles. The van der Waals surface area contributed by atoms with E-state index in [1.165, 1.54) is 5.56 Å². The summed E-state index contributed by atoms with van der Waals surface area (Å²) >= 11 is 0. The van der Waals surface area contributed by atoms with Crippen molar-refractivity contribution in [3.63, 3.8) is 0 Å². The second-order valence-electron chi connectivity index (χ2n) is 4.45. The summed E-state index contributed by atoms with van der Waals surface area (Å²) < 4.78 is 5.74. The van der Waals surface area contributed by atoms with Crippen LogP contribution >= 0.6 is 12.4 Å². The number of benzene rings is 2. The molecule has 0 saturated carbocycles. The molecule has 0 heterocycles. The lowest BCUT2D eigenvalue weighted by Crippen LogP contribution is -2.27. The van der Waals surface area contributed by atoms with E-state index in [0.717, 1.165) is 24.2 Å². The highest BCUT2D eigenvalue weighted by atomic mass is 35.5. The van der Waals surface area contributed by atoms with E-state index in [1.54, 1.807) is 0 Å². The Hall–Kier alpha value is -1.51. The van der Waals surface area contributed by atoms with Gasteiger partial charge >= 0.3 is 0 Å². The van der Waals surface area contributed by atoms with Gasteiger partial charge in [0.15, 0.2) is 0 Å². The Balaban J connectivity index is 0.00000180. The summed E-state index contributed by atoms with van der Waals surface area (Å²) in [5, 5.41) is 0. The smallest absolute Gasteiger partial charge is 0.148 e. The maximum absolute atomic E-state index is 6.00. The lowest BCUT2D eigenvalue weighted by Gasteiger charge is -2.16. The third-order valence-electron chi connectivity index (χ3n) is 2.93. The minimum absolute atomic E-state index is 0. The summed E-state index contributed by atoms with van der Waals surface area (Å²) in [6.07, 6.45) is 1.50. The molecule has 0 saturated heterocycles. The Kier molecular flexibility index (Phi) is 6.40. The second-order valence-corrected chi connectivity index (χ2v) is 4.45. The van der Waals surface area contributed by atoms with Crippen LogP contribution in [0.1, 0.15) is 17.5 Å². The predicted octanol–water partition coefficient (Wildman–Crippen LogP) is 3.71. The van der Waals surface area contributed by atoms with Crippen molar-refractivity contribution in [2.45, 2.75) is 26.0 Å². The number of halogens is 1. The predicted molar refractivity (Wildman–Crippen MR) is 81.8 cm³/mol. The van der Waals surface area contributed by atoms with Crippen molar-refractivity contribution in [3.8, 4) is 5.75 Å². The Morgan fingerprint density at radius 1 is 1.00 bits per heavy atom. The van der Waals surface area contributed by atoms with Gasteiger partial charge in [-0.05, 0) is 30.5 Å². The molecule has 0 amide bonds. The molecular weight excluding hydrogens is 258 g/mol. The average molecular weight is 278 g/mol. The first kappa shape index (κ1) is 15.5. The van der Waals surface area contributed by atoms with Crippen molar-refractivity contribution >= 4 is 12.4 Å². The summed E-state index contributed by atoms with van der Waals surface area (Å²) in [5.41, 5.74) is 8.41. The number of ether oxygens (including phenoxy) is 1. The molecule has 1 unspecified atom stereocenters. The number of hydrogen-bond acceptors (Lipinski definition) is 2. The first-order chi connectivity index (χ1) is 8.75. The zero-order valence-electron chi connectivity index (χ0n) is 11.1. The van der Waals surface area contributed by atoms with Crippen molar-refractivity contribution < 1.29 is 4.74 Å². The fraction of sp³-hybridized carbons (Fsp3) is 0.250. The number of hydrogen-bond donors (Lipinski definition) is 1. The molecular formula is C16H20ClNO. The van der Waals surface area contributed by atoms with E-state index < -0.39 is 0 Å². The van der Waals surface area contributed by atoms with Crippen molar-refractivity contribution in [3.05, 3.63) is 65.7 Å². The third kappa shape index (κ3) is 4.93. The average Bonchev–Trinajstić information content (AvgIpc) is 2.40. The van der Waals surface area contributed by atoms with Gasteiger partial charge < -0.3 is 4.74 Å². The quantitative estimate of drug-likeness (QED) is 0.846. The van der Waals surface area contributed by atoms with E-state index in [-0.39, 0.29) is 18.6 Å². The molecule has 2 N–H and O–H groups in total. The highest BCUT2D eigenvalue weighted by Crippen LogP contribution is 2.18. The summed E-state index contributed by atoms with van der Waals surface area (Å²) in [5.74, 6) is 0.873. The van der Waals surface area contributed by atoms with Crippen molar-refractivity contribution in [2.75, 3.05) is 0 Å². The molecule has 0 aliphatic carbocycles. The van der Waals surface area contributed by atoms with E-state index in [4.69, 9.17) is 10.5 Å². The molecule has 3 heteroatoms. The Labute approximate surface area is 121 Å². The van der Waals surface area contributed by atoms with Gasteiger partial charge in [-0.2, -0.15) is 0 Å². The van der Waals surface area contributed by atoms with Gasteiger partial charge in [0.25, 0.3) is 0 Å². The minimum Gasteiger partial charge on any atom is -0.475 e. The first-order valence-electron chi connectivity index (χ1n) is 6.27. The topological polar surface area (TPSA) is 35.2 Å². The van der Waals surface area contributed by atoms with Crippen molar-refractivity contribution in [2.24, 2.45) is 5.73 Å². The standard InChI is InChI=1S/C16H19NO.ClH/c1-13-7-5-6-10-15(13)18-16(17)12-11-14-8-3-2-4-9-14;/h2-10,16H,11-12,17H2,1H3;1H. The Bertz CT molecular complexity index is 487. The maximum Gasteiger partial charge on any atom is 0.148 e. The lowest BCUT2D eigenvalue weighted by molar-refractivity contribution is 0.198. The Morgan fingerprint density at radius 2 is 1.63 bits per heavy atom. The number of rotatable bonds is 5. The molecule has 2 nitrogen and oxygen atoms in total. The zero-order chi connectivity index (χ0) is 12.8. The maximum atomic E-state index is 6.00. The van der Waals surface area contributed by atoms with Gasteiger partial charge in [-0.15, -0.1) is 12.4 Å². The van der Waals surface area contributed by atoms with E-state index in [9.17, 15) is 0 Å². The molecule has 0 spiro atoms. The summed E-state index contributed by atoms with van der Waals surface area (Å²) in [6.45, 7) is 2.03. The molecule has 102 valence electrons. The summed E-state index contributed by atoms with van der Waals surface area (Å²) in [6, 6.07) is 18.3. The SMILES string of the molecule is Cc1ccccc1OC(N)CCc1ccccc1.Cl. The van der Waals surface area contributed by atoms with Gasteiger partial charge in [-0.25, -0.2) is 0 Å². The van der Waals surface area contributed by atoms with E-state index in [0.29, 0.717) is 0 Å². The van der Waals surface area contributed by atoms with Gasteiger partial charge in [-0.1, -0.05) is 48.5 Å². The van der Waals surface area contributed by atoms with Crippen LogP contribution in [0, 0.1) is 6.92 Å². The van der Waals surface area contributed by atoms with Crippen LogP contribution in [-0.2, 0) is 6.42 Å². The normalized spacial score (nSPS) is 11.5. The van der Waals surface area contributed by atoms with Gasteiger partial charge in [0.05, 0.1) is 0 Å². The summed E-state index contributed by atoms with van der Waals surface area (Å²) in [7, 11) is 0. The minimum atomic E-state index is -0.258. The molecule has 1 atom stereocenters. The van der Waals surface area contributed by atoms with Crippen LogP contribution < -0.4 is 10.5 Å². The molecule has 0 aliphatic heterocycles. The van der Waals surface area contributed by atoms with E-state index in [2.05, 4.69) is 12.1 Å². The number of nitrogens with two attached hydrogens (primary N) is 1. The van der Waals surface area contributed by atoms with Crippen molar-refractivity contribution in [1.82, 2.24) is 0 Å². The molecule has 0 fully saturated rings. The molecule has 0 aliphatic rings. The largest absolute Gasteiger partial charge is 0.475 e. The molecule has 2 aromatic rings. The van der Waals surface area contributed by atoms with Crippen LogP contribution in [-0.4, -0.2) is 6.23 Å². The fourth-order valence-corrected chi connectivity index (χ4v) is 1.86. The van der Waals surface area contributed by atoms with Gasteiger partial charge in [-0.3, -0.25) is 5.73 Å². The second kappa shape index (κ2) is 7.82. The third-order valence-corrected chi connectivity index (χ3v) is 2.93. The van der Waals surface area contributed by atoms with E-state index >= 15 is 0 Å². The Morgan fingerprint density at radius 3 is 2.32 bits per heavy atom. The monoisotopic (exact) mass is 277 g/mol. The molecule has 2 rings (SSSR count). The van der Waals surface area contributed by atoms with Crippen LogP contribution in [0.15, 0.2) is 54.6 Å². The van der Waals surface area contributed by atoms with Crippen LogP contribution in [0.5, 0.6) is 5.75 Å². The van der Waals surface area contributed by atoms with Crippen LogP contribution in [0.2, 0.25) is 0 Å². The molecule has 0 radical (unpaired) electrons. The van der Waals surface area contributed by atoms with Crippen LogP contribution in [0.3, 0.4) is 0 Å². The number of para-hydroxylation sites is 1.